The van der Waals surface area contributed by atoms with Crippen LogP contribution < -0.4 is 0 Å². The van der Waals surface area contributed by atoms with Gasteiger partial charge in [0.25, 0.3) is 0 Å². The molecule has 0 amide bonds. The zero-order valence-corrected chi connectivity index (χ0v) is 13.3. The van der Waals surface area contributed by atoms with Crippen molar-refractivity contribution in [3.63, 3.8) is 0 Å². The Morgan fingerprint density at radius 2 is 1.87 bits per heavy atom. The van der Waals surface area contributed by atoms with E-state index < -0.39 is 35.9 Å². The molecular weight excluding hydrogens is 318 g/mol. The lowest BCUT2D eigenvalue weighted by Crippen LogP contribution is -2.47. The maximum atomic E-state index is 12.8. The van der Waals surface area contributed by atoms with Crippen LogP contribution in [0.25, 0.3) is 0 Å². The molecule has 1 aliphatic heterocycles. The van der Waals surface area contributed by atoms with E-state index in [1.54, 1.807) is 13.8 Å². The molecule has 0 saturated carbocycles. The van der Waals surface area contributed by atoms with Gasteiger partial charge in [0.1, 0.15) is 13.2 Å². The molecule has 1 saturated heterocycles. The topological polar surface area (TPSA) is 91.3 Å². The Labute approximate surface area is 132 Å². The first-order valence-corrected chi connectivity index (χ1v) is 7.20. The first kappa shape index (κ1) is 19.7. The van der Waals surface area contributed by atoms with Crippen LogP contribution in [0, 0.1) is 0 Å². The Kier molecular flexibility index (Phi) is 6.84. The van der Waals surface area contributed by atoms with Crippen molar-refractivity contribution in [1.82, 2.24) is 0 Å². The summed E-state index contributed by atoms with van der Waals surface area (Å²) in [7, 11) is 0. The highest BCUT2D eigenvalue weighted by atomic mass is 19.3. The van der Waals surface area contributed by atoms with Gasteiger partial charge in [-0.05, 0) is 13.8 Å². The van der Waals surface area contributed by atoms with Crippen molar-refractivity contribution < 1.29 is 42.4 Å². The van der Waals surface area contributed by atoms with Crippen LogP contribution in [0.3, 0.4) is 0 Å². The van der Waals surface area contributed by atoms with Gasteiger partial charge in [0.2, 0.25) is 0 Å². The molecular formula is C14H22F2O7. The number of carbonyl (C=O) groups excluding carboxylic acids is 2. The lowest BCUT2D eigenvalue weighted by Gasteiger charge is -2.40. The molecule has 0 aromatic carbocycles. The molecule has 1 fully saturated rings. The molecule has 1 N–H and O–H groups in total. The summed E-state index contributed by atoms with van der Waals surface area (Å²) in [6, 6.07) is 0. The number of aliphatic hydroxyl groups excluding tert-OH is 1. The van der Waals surface area contributed by atoms with E-state index >= 15 is 0 Å². The van der Waals surface area contributed by atoms with Crippen LogP contribution in [0.1, 0.15) is 33.6 Å². The SMILES string of the molecule is CC1(C)OC(COC(=O)C(C)(F)F)CC(CC(=O)OCCO)O1. The van der Waals surface area contributed by atoms with Gasteiger partial charge in [-0.3, -0.25) is 4.79 Å². The maximum Gasteiger partial charge on any atom is 0.376 e. The molecule has 1 heterocycles. The van der Waals surface area contributed by atoms with Gasteiger partial charge >= 0.3 is 17.9 Å². The van der Waals surface area contributed by atoms with E-state index in [0.29, 0.717) is 6.92 Å². The minimum Gasteiger partial charge on any atom is -0.463 e. The van der Waals surface area contributed by atoms with Gasteiger partial charge in [-0.25, -0.2) is 4.79 Å². The summed E-state index contributed by atoms with van der Waals surface area (Å²) < 4.78 is 45.9. The minimum absolute atomic E-state index is 0.0822. The Morgan fingerprint density at radius 3 is 2.43 bits per heavy atom. The summed E-state index contributed by atoms with van der Waals surface area (Å²) >= 11 is 0. The molecule has 1 rings (SSSR count). The quantitative estimate of drug-likeness (QED) is 0.692. The number of ether oxygens (including phenoxy) is 4. The second-order valence-corrected chi connectivity index (χ2v) is 5.75. The van der Waals surface area contributed by atoms with Crippen molar-refractivity contribution >= 4 is 11.9 Å². The van der Waals surface area contributed by atoms with Gasteiger partial charge in [0.15, 0.2) is 5.79 Å². The van der Waals surface area contributed by atoms with Crippen molar-refractivity contribution in [3.8, 4) is 0 Å². The highest BCUT2D eigenvalue weighted by molar-refractivity contribution is 5.76. The molecule has 0 aromatic heterocycles. The second-order valence-electron chi connectivity index (χ2n) is 5.75. The van der Waals surface area contributed by atoms with Crippen LogP contribution in [0.2, 0.25) is 0 Å². The first-order chi connectivity index (χ1) is 10.5. The number of hydrogen-bond donors (Lipinski definition) is 1. The molecule has 0 radical (unpaired) electrons. The zero-order valence-electron chi connectivity index (χ0n) is 13.3. The maximum absolute atomic E-state index is 12.8. The molecule has 134 valence electrons. The van der Waals surface area contributed by atoms with E-state index in [1.165, 1.54) is 0 Å². The average molecular weight is 340 g/mol. The zero-order chi connectivity index (χ0) is 17.7. The number of halogens is 2. The van der Waals surface area contributed by atoms with Crippen molar-refractivity contribution in [2.24, 2.45) is 0 Å². The third-order valence-electron chi connectivity index (χ3n) is 2.93. The van der Waals surface area contributed by atoms with Crippen LogP contribution in [0.5, 0.6) is 0 Å². The third-order valence-corrected chi connectivity index (χ3v) is 2.93. The number of rotatable bonds is 7. The van der Waals surface area contributed by atoms with Crippen molar-refractivity contribution in [2.45, 2.75) is 57.5 Å². The fraction of sp³-hybridized carbons (Fsp3) is 0.857. The molecule has 23 heavy (non-hydrogen) atoms. The molecule has 0 aliphatic carbocycles. The van der Waals surface area contributed by atoms with Crippen LogP contribution in [-0.2, 0) is 28.5 Å². The highest BCUT2D eigenvalue weighted by Crippen LogP contribution is 2.29. The molecule has 2 atom stereocenters. The molecule has 9 heteroatoms. The summed E-state index contributed by atoms with van der Waals surface area (Å²) in [5.74, 6) is -6.83. The number of hydrogen-bond acceptors (Lipinski definition) is 7. The Hall–Kier alpha value is -1.32. The van der Waals surface area contributed by atoms with E-state index in [4.69, 9.17) is 19.3 Å². The Morgan fingerprint density at radius 1 is 1.26 bits per heavy atom. The van der Waals surface area contributed by atoms with E-state index in [1.807, 2.05) is 0 Å². The predicted molar refractivity (Wildman–Crippen MR) is 72.7 cm³/mol. The smallest absolute Gasteiger partial charge is 0.376 e. The third kappa shape index (κ3) is 7.19. The van der Waals surface area contributed by atoms with Gasteiger partial charge in [-0.1, -0.05) is 0 Å². The number of carbonyl (C=O) groups is 2. The summed E-state index contributed by atoms with van der Waals surface area (Å²) in [4.78, 5) is 22.6. The lowest BCUT2D eigenvalue weighted by atomic mass is 10.1. The van der Waals surface area contributed by atoms with Gasteiger partial charge in [-0.15, -0.1) is 0 Å². The highest BCUT2D eigenvalue weighted by Gasteiger charge is 2.39. The molecule has 1 aliphatic rings. The minimum atomic E-state index is -3.58. The Bertz CT molecular complexity index is 420. The predicted octanol–water partition coefficient (Wildman–Crippen LogP) is 1.02. The fourth-order valence-electron chi connectivity index (χ4n) is 2.15. The summed E-state index contributed by atoms with van der Waals surface area (Å²) in [6.45, 7) is 2.89. The normalized spacial score (nSPS) is 24.1. The molecule has 0 bridgehead atoms. The van der Waals surface area contributed by atoms with Crippen LogP contribution in [-0.4, -0.2) is 60.8 Å². The largest absolute Gasteiger partial charge is 0.463 e. The van der Waals surface area contributed by atoms with E-state index in [-0.39, 0.29) is 32.7 Å². The van der Waals surface area contributed by atoms with Gasteiger partial charge < -0.3 is 24.1 Å². The van der Waals surface area contributed by atoms with Crippen LogP contribution in [0.15, 0.2) is 0 Å². The van der Waals surface area contributed by atoms with Crippen LogP contribution in [0.4, 0.5) is 8.78 Å². The van der Waals surface area contributed by atoms with Gasteiger partial charge in [0.05, 0.1) is 25.2 Å². The summed E-state index contributed by atoms with van der Waals surface area (Å²) in [5, 5.41) is 8.60. The van der Waals surface area contributed by atoms with Crippen molar-refractivity contribution in [2.75, 3.05) is 19.8 Å². The summed E-state index contributed by atoms with van der Waals surface area (Å²) in [6.07, 6.45) is -1.15. The molecule has 0 spiro atoms. The van der Waals surface area contributed by atoms with Crippen LogP contribution >= 0.6 is 0 Å². The lowest BCUT2D eigenvalue weighted by molar-refractivity contribution is -0.305. The van der Waals surface area contributed by atoms with Gasteiger partial charge in [0, 0.05) is 13.3 Å². The molecule has 2 unspecified atom stereocenters. The van der Waals surface area contributed by atoms with E-state index in [9.17, 15) is 18.4 Å². The molecule has 0 aromatic rings. The second kappa shape index (κ2) is 7.98. The van der Waals surface area contributed by atoms with E-state index in [2.05, 4.69) is 4.74 Å². The summed E-state index contributed by atoms with van der Waals surface area (Å²) in [5.41, 5.74) is 0. The number of aliphatic hydroxyl groups is 1. The standard InChI is InChI=1S/C14H22F2O7/c1-13(2)22-9(7-11(18)20-5-4-17)6-10(23-13)8-21-12(19)14(3,15)16/h9-10,17H,4-8H2,1-3H3. The van der Waals surface area contributed by atoms with Crippen molar-refractivity contribution in [3.05, 3.63) is 0 Å². The Balaban J connectivity index is 2.54. The average Bonchev–Trinajstić information content (AvgIpc) is 2.39. The number of alkyl halides is 2. The van der Waals surface area contributed by atoms with Crippen molar-refractivity contribution in [1.29, 1.82) is 0 Å². The fourth-order valence-corrected chi connectivity index (χ4v) is 2.15. The van der Waals surface area contributed by atoms with Gasteiger partial charge in [-0.2, -0.15) is 8.78 Å². The van der Waals surface area contributed by atoms with E-state index in [0.717, 1.165) is 0 Å². The first-order valence-electron chi connectivity index (χ1n) is 7.20. The monoisotopic (exact) mass is 340 g/mol. The number of esters is 2. The molecule has 7 nitrogen and oxygen atoms in total.